The zero-order valence-corrected chi connectivity index (χ0v) is 11.0. The molecule has 1 aliphatic carbocycles. The fraction of sp³-hybridized carbons (Fsp3) is 0.429. The van der Waals surface area contributed by atoms with Gasteiger partial charge in [-0.3, -0.25) is 14.5 Å². The summed E-state index contributed by atoms with van der Waals surface area (Å²) in [5.41, 5.74) is 3.83. The summed E-state index contributed by atoms with van der Waals surface area (Å²) >= 11 is 0. The van der Waals surface area contributed by atoms with E-state index in [4.69, 9.17) is 5.73 Å². The minimum atomic E-state index is -4.62. The van der Waals surface area contributed by atoms with Crippen molar-refractivity contribution in [1.82, 2.24) is 0 Å². The van der Waals surface area contributed by atoms with E-state index in [-0.39, 0.29) is 17.5 Å². The lowest BCUT2D eigenvalue weighted by molar-refractivity contribution is -0.137. The Morgan fingerprint density at radius 1 is 1.10 bits per heavy atom. The SMILES string of the molecule is Nc1ccc(N2C(=O)C3CCC(C3)C2=O)cc1C(F)(F)F. The summed E-state index contributed by atoms with van der Waals surface area (Å²) in [5.74, 6) is -1.35. The number of anilines is 2. The van der Waals surface area contributed by atoms with Gasteiger partial charge in [0.25, 0.3) is 0 Å². The minimum absolute atomic E-state index is 0.0527. The molecule has 2 atom stereocenters. The lowest BCUT2D eigenvalue weighted by Crippen LogP contribution is -2.46. The molecular weight excluding hydrogens is 285 g/mol. The van der Waals surface area contributed by atoms with Crippen LogP contribution < -0.4 is 10.6 Å². The van der Waals surface area contributed by atoms with Crippen molar-refractivity contribution < 1.29 is 22.8 Å². The van der Waals surface area contributed by atoms with E-state index in [1.165, 1.54) is 6.07 Å². The summed E-state index contributed by atoms with van der Waals surface area (Å²) in [5, 5.41) is 0. The Morgan fingerprint density at radius 3 is 2.19 bits per heavy atom. The number of fused-ring (bicyclic) bond motifs is 2. The first kappa shape index (κ1) is 13.9. The van der Waals surface area contributed by atoms with Gasteiger partial charge in [-0.15, -0.1) is 0 Å². The number of carbonyl (C=O) groups is 2. The molecule has 0 spiro atoms. The summed E-state index contributed by atoms with van der Waals surface area (Å²) in [7, 11) is 0. The highest BCUT2D eigenvalue weighted by Crippen LogP contribution is 2.42. The first-order valence-corrected chi connectivity index (χ1v) is 6.63. The zero-order valence-electron chi connectivity index (χ0n) is 11.0. The molecule has 2 unspecified atom stereocenters. The Kier molecular flexibility index (Phi) is 2.96. The maximum Gasteiger partial charge on any atom is 0.418 e. The van der Waals surface area contributed by atoms with E-state index in [1.54, 1.807) is 0 Å². The third-order valence-electron chi connectivity index (χ3n) is 4.17. The average molecular weight is 298 g/mol. The Hall–Kier alpha value is -2.05. The number of benzene rings is 1. The van der Waals surface area contributed by atoms with Crippen LogP contribution >= 0.6 is 0 Å². The second-order valence-corrected chi connectivity index (χ2v) is 5.49. The minimum Gasteiger partial charge on any atom is -0.398 e. The van der Waals surface area contributed by atoms with Crippen LogP contribution in [0.2, 0.25) is 0 Å². The van der Waals surface area contributed by atoms with Crippen LogP contribution in [-0.2, 0) is 15.8 Å². The van der Waals surface area contributed by atoms with Gasteiger partial charge in [0, 0.05) is 17.5 Å². The zero-order chi connectivity index (χ0) is 15.4. The monoisotopic (exact) mass is 298 g/mol. The van der Waals surface area contributed by atoms with E-state index in [2.05, 4.69) is 0 Å². The Bertz CT molecular complexity index is 605. The average Bonchev–Trinajstić information content (AvgIpc) is 2.84. The number of nitrogen functional groups attached to an aromatic ring is 1. The lowest BCUT2D eigenvalue weighted by Gasteiger charge is -2.30. The number of imide groups is 1. The Balaban J connectivity index is 2.04. The number of amides is 2. The smallest absolute Gasteiger partial charge is 0.398 e. The summed E-state index contributed by atoms with van der Waals surface area (Å²) in [6.45, 7) is 0. The van der Waals surface area contributed by atoms with E-state index < -0.39 is 29.2 Å². The number of halogens is 3. The molecule has 2 N–H and O–H groups in total. The van der Waals surface area contributed by atoms with Crippen molar-refractivity contribution in [2.75, 3.05) is 10.6 Å². The largest absolute Gasteiger partial charge is 0.418 e. The molecule has 2 amide bonds. The van der Waals surface area contributed by atoms with Crippen LogP contribution in [0.1, 0.15) is 24.8 Å². The first-order valence-electron chi connectivity index (χ1n) is 6.63. The van der Waals surface area contributed by atoms with Crippen molar-refractivity contribution in [3.05, 3.63) is 23.8 Å². The van der Waals surface area contributed by atoms with E-state index in [1.807, 2.05) is 0 Å². The van der Waals surface area contributed by atoms with Gasteiger partial charge in [0.05, 0.1) is 11.3 Å². The van der Waals surface area contributed by atoms with Gasteiger partial charge in [-0.1, -0.05) is 0 Å². The predicted octanol–water partition coefficient (Wildman–Crippen LogP) is 2.58. The van der Waals surface area contributed by atoms with Crippen molar-refractivity contribution >= 4 is 23.2 Å². The number of rotatable bonds is 1. The van der Waals surface area contributed by atoms with E-state index in [9.17, 15) is 22.8 Å². The van der Waals surface area contributed by atoms with Crippen molar-refractivity contribution in [3.63, 3.8) is 0 Å². The molecule has 1 saturated heterocycles. The molecule has 1 aromatic carbocycles. The van der Waals surface area contributed by atoms with Crippen molar-refractivity contribution in [1.29, 1.82) is 0 Å². The van der Waals surface area contributed by atoms with Crippen LogP contribution in [-0.4, -0.2) is 11.8 Å². The van der Waals surface area contributed by atoms with Crippen LogP contribution in [0.5, 0.6) is 0 Å². The van der Waals surface area contributed by atoms with Crippen LogP contribution in [0.25, 0.3) is 0 Å². The number of piperidine rings is 1. The molecule has 2 aliphatic rings. The van der Waals surface area contributed by atoms with Gasteiger partial charge >= 0.3 is 6.18 Å². The predicted molar refractivity (Wildman–Crippen MR) is 69.2 cm³/mol. The van der Waals surface area contributed by atoms with E-state index in [0.29, 0.717) is 19.3 Å². The molecule has 21 heavy (non-hydrogen) atoms. The highest BCUT2D eigenvalue weighted by atomic mass is 19.4. The van der Waals surface area contributed by atoms with Gasteiger partial charge in [0.1, 0.15) is 0 Å². The Labute approximate surface area is 118 Å². The molecule has 1 heterocycles. The summed E-state index contributed by atoms with van der Waals surface area (Å²) in [6, 6.07) is 3.14. The van der Waals surface area contributed by atoms with Crippen molar-refractivity contribution in [2.45, 2.75) is 25.4 Å². The molecule has 2 fully saturated rings. The molecule has 1 aromatic rings. The van der Waals surface area contributed by atoms with Crippen molar-refractivity contribution in [3.8, 4) is 0 Å². The van der Waals surface area contributed by atoms with E-state index >= 15 is 0 Å². The van der Waals surface area contributed by atoms with Gasteiger partial charge in [-0.05, 0) is 37.5 Å². The third-order valence-corrected chi connectivity index (χ3v) is 4.17. The standard InChI is InChI=1S/C14H13F3N2O2/c15-14(16,17)10-6-9(3-4-11(10)18)19-12(20)7-1-2-8(5-7)13(19)21/h3-4,6-8H,1-2,5,18H2. The quantitative estimate of drug-likeness (QED) is 0.640. The van der Waals surface area contributed by atoms with Crippen molar-refractivity contribution in [2.24, 2.45) is 11.8 Å². The lowest BCUT2D eigenvalue weighted by atomic mass is 9.96. The molecule has 0 radical (unpaired) electrons. The van der Waals surface area contributed by atoms with Gasteiger partial charge in [0.15, 0.2) is 0 Å². The highest BCUT2D eigenvalue weighted by molar-refractivity contribution is 6.18. The van der Waals surface area contributed by atoms with Crippen LogP contribution in [0.15, 0.2) is 18.2 Å². The fourth-order valence-corrected chi connectivity index (χ4v) is 3.09. The molecule has 112 valence electrons. The van der Waals surface area contributed by atoms with Crippen LogP contribution in [0.4, 0.5) is 24.5 Å². The molecule has 2 bridgehead atoms. The Morgan fingerprint density at radius 2 is 1.67 bits per heavy atom. The summed E-state index contributed by atoms with van der Waals surface area (Å²) < 4.78 is 38.7. The molecule has 3 rings (SSSR count). The van der Waals surface area contributed by atoms with E-state index in [0.717, 1.165) is 17.0 Å². The van der Waals surface area contributed by atoms with Crippen LogP contribution in [0.3, 0.4) is 0 Å². The number of hydrogen-bond donors (Lipinski definition) is 1. The topological polar surface area (TPSA) is 63.4 Å². The van der Waals surface area contributed by atoms with Gasteiger partial charge in [-0.25, -0.2) is 0 Å². The fourth-order valence-electron chi connectivity index (χ4n) is 3.09. The third kappa shape index (κ3) is 2.16. The summed E-state index contributed by atoms with van der Waals surface area (Å²) in [6.07, 6.45) is -2.88. The number of nitrogens with zero attached hydrogens (tertiary/aromatic N) is 1. The van der Waals surface area contributed by atoms with Gasteiger partial charge in [-0.2, -0.15) is 13.2 Å². The molecule has 7 heteroatoms. The number of nitrogens with two attached hydrogens (primary N) is 1. The second kappa shape index (κ2) is 4.47. The molecule has 1 aliphatic heterocycles. The normalized spacial score (nSPS) is 25.6. The molecule has 1 saturated carbocycles. The van der Waals surface area contributed by atoms with Gasteiger partial charge in [0.2, 0.25) is 11.8 Å². The first-order chi connectivity index (χ1) is 9.79. The molecular formula is C14H13F3N2O2. The number of hydrogen-bond acceptors (Lipinski definition) is 3. The maximum atomic E-state index is 12.9. The summed E-state index contributed by atoms with van der Waals surface area (Å²) in [4.78, 5) is 25.4. The number of carbonyl (C=O) groups excluding carboxylic acids is 2. The molecule has 4 nitrogen and oxygen atoms in total. The second-order valence-electron chi connectivity index (χ2n) is 5.49. The van der Waals surface area contributed by atoms with Crippen LogP contribution in [0, 0.1) is 11.8 Å². The maximum absolute atomic E-state index is 12.9. The highest BCUT2D eigenvalue weighted by Gasteiger charge is 2.46. The number of alkyl halides is 3. The molecule has 0 aromatic heterocycles. The van der Waals surface area contributed by atoms with Gasteiger partial charge < -0.3 is 5.73 Å².